The number of nitrogens with zero attached hydrogens (tertiary/aromatic N) is 2. The van der Waals surface area contributed by atoms with Crippen LogP contribution in [0.15, 0.2) is 18.2 Å². The van der Waals surface area contributed by atoms with Crippen LogP contribution in [0.5, 0.6) is 0 Å². The van der Waals surface area contributed by atoms with E-state index >= 15 is 0 Å². The Labute approximate surface area is 85.6 Å². The van der Waals surface area contributed by atoms with E-state index in [0.717, 1.165) is 5.06 Å². The Morgan fingerprint density at radius 2 is 2.29 bits per heavy atom. The predicted molar refractivity (Wildman–Crippen MR) is 51.4 cm³/mol. The van der Waals surface area contributed by atoms with Gasteiger partial charge in [0.1, 0.15) is 5.02 Å². The summed E-state index contributed by atoms with van der Waals surface area (Å²) in [7, 11) is 1.46. The van der Waals surface area contributed by atoms with Crippen LogP contribution in [-0.2, 0) is 6.54 Å². The average Bonchev–Trinajstić information content (AvgIpc) is 2.07. The first-order valence-electron chi connectivity index (χ1n) is 3.83. The normalized spacial score (nSPS) is 10.6. The summed E-state index contributed by atoms with van der Waals surface area (Å²) in [5, 5.41) is 20.5. The van der Waals surface area contributed by atoms with E-state index in [1.165, 1.54) is 19.2 Å². The molecule has 0 amide bonds. The maximum Gasteiger partial charge on any atom is 0.288 e. The number of rotatable bonds is 3. The summed E-state index contributed by atoms with van der Waals surface area (Å²) in [6.45, 7) is 0.220. The molecule has 0 atom stereocenters. The van der Waals surface area contributed by atoms with Gasteiger partial charge >= 0.3 is 0 Å². The number of halogens is 1. The van der Waals surface area contributed by atoms with E-state index in [-0.39, 0.29) is 17.3 Å². The molecule has 1 N–H and O–H groups in total. The third-order valence-electron chi connectivity index (χ3n) is 1.62. The van der Waals surface area contributed by atoms with E-state index in [0.29, 0.717) is 5.56 Å². The average molecular weight is 217 g/mol. The third kappa shape index (κ3) is 2.66. The van der Waals surface area contributed by atoms with Crippen LogP contribution in [0.2, 0.25) is 5.02 Å². The number of nitro benzene ring substituents is 1. The van der Waals surface area contributed by atoms with Gasteiger partial charge in [0, 0.05) is 19.7 Å². The summed E-state index contributed by atoms with van der Waals surface area (Å²) in [6, 6.07) is 4.41. The molecule has 14 heavy (non-hydrogen) atoms. The Morgan fingerprint density at radius 3 is 2.79 bits per heavy atom. The Bertz CT molecular complexity index is 354. The van der Waals surface area contributed by atoms with Crippen LogP contribution < -0.4 is 0 Å². The Kier molecular flexibility index (Phi) is 3.40. The zero-order valence-electron chi connectivity index (χ0n) is 7.48. The molecule has 1 rings (SSSR count). The van der Waals surface area contributed by atoms with Crippen LogP contribution in [0.1, 0.15) is 5.56 Å². The minimum absolute atomic E-state index is 0.0966. The molecule has 76 valence electrons. The highest BCUT2D eigenvalue weighted by atomic mass is 35.5. The van der Waals surface area contributed by atoms with Gasteiger partial charge in [-0.1, -0.05) is 17.7 Å². The van der Waals surface area contributed by atoms with Gasteiger partial charge in [0.25, 0.3) is 5.69 Å². The van der Waals surface area contributed by atoms with Crippen molar-refractivity contribution in [3.63, 3.8) is 0 Å². The van der Waals surface area contributed by atoms with E-state index in [1.807, 2.05) is 0 Å². The number of hydrogen-bond donors (Lipinski definition) is 1. The second kappa shape index (κ2) is 4.36. The first-order chi connectivity index (χ1) is 6.50. The van der Waals surface area contributed by atoms with Gasteiger partial charge in [-0.3, -0.25) is 10.1 Å². The molecule has 0 heterocycles. The van der Waals surface area contributed by atoms with E-state index < -0.39 is 4.92 Å². The molecule has 0 aromatic heterocycles. The molecule has 0 saturated carbocycles. The predicted octanol–water partition coefficient (Wildman–Crippen LogP) is 2.07. The minimum Gasteiger partial charge on any atom is -0.314 e. The number of nitro groups is 1. The fraction of sp³-hybridized carbons (Fsp3) is 0.250. The lowest BCUT2D eigenvalue weighted by atomic mass is 10.2. The van der Waals surface area contributed by atoms with Crippen molar-refractivity contribution < 1.29 is 10.1 Å². The maximum absolute atomic E-state index is 10.5. The summed E-state index contributed by atoms with van der Waals surface area (Å²) < 4.78 is 0. The number of hydrogen-bond acceptors (Lipinski definition) is 4. The molecule has 5 nitrogen and oxygen atoms in total. The van der Waals surface area contributed by atoms with Gasteiger partial charge in [0.2, 0.25) is 0 Å². The molecule has 0 aliphatic rings. The van der Waals surface area contributed by atoms with Gasteiger partial charge in [-0.05, 0) is 11.6 Å². The summed E-state index contributed by atoms with van der Waals surface area (Å²) in [5.41, 5.74) is 0.483. The first kappa shape index (κ1) is 10.9. The number of benzene rings is 1. The van der Waals surface area contributed by atoms with Crippen LogP contribution in [0.3, 0.4) is 0 Å². The van der Waals surface area contributed by atoms with Crippen molar-refractivity contribution >= 4 is 17.3 Å². The second-order valence-corrected chi connectivity index (χ2v) is 3.27. The van der Waals surface area contributed by atoms with E-state index in [1.54, 1.807) is 6.07 Å². The fourth-order valence-corrected chi connectivity index (χ4v) is 1.25. The van der Waals surface area contributed by atoms with Crippen LogP contribution in [0.4, 0.5) is 5.69 Å². The van der Waals surface area contributed by atoms with Gasteiger partial charge in [0.05, 0.1) is 4.92 Å². The summed E-state index contributed by atoms with van der Waals surface area (Å²) in [5.74, 6) is 0. The van der Waals surface area contributed by atoms with Crippen LogP contribution in [0, 0.1) is 10.1 Å². The molecule has 6 heteroatoms. The molecule has 0 radical (unpaired) electrons. The van der Waals surface area contributed by atoms with Crippen molar-refractivity contribution in [2.75, 3.05) is 7.05 Å². The summed E-state index contributed by atoms with van der Waals surface area (Å²) in [6.07, 6.45) is 0. The molecule has 0 aliphatic carbocycles. The maximum atomic E-state index is 10.5. The molecule has 0 saturated heterocycles. The van der Waals surface area contributed by atoms with Crippen LogP contribution in [0.25, 0.3) is 0 Å². The molecule has 1 aromatic carbocycles. The highest BCUT2D eigenvalue weighted by Crippen LogP contribution is 2.25. The first-order valence-corrected chi connectivity index (χ1v) is 4.21. The van der Waals surface area contributed by atoms with Gasteiger partial charge in [-0.2, -0.15) is 5.06 Å². The highest BCUT2D eigenvalue weighted by Gasteiger charge is 2.12. The van der Waals surface area contributed by atoms with Crippen molar-refractivity contribution in [2.45, 2.75) is 6.54 Å². The van der Waals surface area contributed by atoms with Crippen molar-refractivity contribution in [1.29, 1.82) is 0 Å². The summed E-state index contributed by atoms with van der Waals surface area (Å²) in [4.78, 5) is 9.95. The molecule has 1 aromatic rings. The standard InChI is InChI=1S/C8H9ClN2O3/c1-10(12)5-6-2-3-7(9)8(4-6)11(13)14/h2-4,12H,5H2,1H3. The second-order valence-electron chi connectivity index (χ2n) is 2.86. The lowest BCUT2D eigenvalue weighted by Crippen LogP contribution is -2.11. The van der Waals surface area contributed by atoms with Crippen molar-refractivity contribution in [1.82, 2.24) is 5.06 Å². The molecular weight excluding hydrogens is 208 g/mol. The SMILES string of the molecule is CN(O)Cc1ccc(Cl)c([N+](=O)[O-])c1. The topological polar surface area (TPSA) is 66.6 Å². The lowest BCUT2D eigenvalue weighted by molar-refractivity contribution is -0.384. The quantitative estimate of drug-likeness (QED) is 0.621. The molecule has 0 spiro atoms. The summed E-state index contributed by atoms with van der Waals surface area (Å²) >= 11 is 5.61. The minimum atomic E-state index is -0.552. The zero-order chi connectivity index (χ0) is 10.7. The van der Waals surface area contributed by atoms with Gasteiger partial charge in [-0.25, -0.2) is 0 Å². The lowest BCUT2D eigenvalue weighted by Gasteiger charge is -2.07. The smallest absolute Gasteiger partial charge is 0.288 e. The monoisotopic (exact) mass is 216 g/mol. The molecule has 0 unspecified atom stereocenters. The van der Waals surface area contributed by atoms with Crippen molar-refractivity contribution in [3.8, 4) is 0 Å². The third-order valence-corrected chi connectivity index (χ3v) is 1.94. The molecule has 0 fully saturated rings. The highest BCUT2D eigenvalue weighted by molar-refractivity contribution is 6.32. The molecule has 0 aliphatic heterocycles. The largest absolute Gasteiger partial charge is 0.314 e. The van der Waals surface area contributed by atoms with Crippen LogP contribution in [-0.4, -0.2) is 22.2 Å². The fourth-order valence-electron chi connectivity index (χ4n) is 1.06. The van der Waals surface area contributed by atoms with Crippen molar-refractivity contribution in [3.05, 3.63) is 38.9 Å². The van der Waals surface area contributed by atoms with E-state index in [4.69, 9.17) is 16.8 Å². The molecular formula is C8H9ClN2O3. The zero-order valence-corrected chi connectivity index (χ0v) is 8.23. The number of hydroxylamine groups is 2. The van der Waals surface area contributed by atoms with Crippen molar-refractivity contribution in [2.24, 2.45) is 0 Å². The van der Waals surface area contributed by atoms with Crippen LogP contribution >= 0.6 is 11.6 Å². The Morgan fingerprint density at radius 1 is 1.64 bits per heavy atom. The Hall–Kier alpha value is -1.17. The van der Waals surface area contributed by atoms with Gasteiger partial charge < -0.3 is 5.21 Å². The van der Waals surface area contributed by atoms with E-state index in [2.05, 4.69) is 0 Å². The van der Waals surface area contributed by atoms with E-state index in [9.17, 15) is 10.1 Å². The molecule has 0 bridgehead atoms. The van der Waals surface area contributed by atoms with Gasteiger partial charge in [-0.15, -0.1) is 0 Å². The Balaban J connectivity index is 3.00. The van der Waals surface area contributed by atoms with Gasteiger partial charge in [0.15, 0.2) is 0 Å².